The third-order valence-electron chi connectivity index (χ3n) is 19.9. The van der Waals surface area contributed by atoms with Crippen molar-refractivity contribution in [3.05, 3.63) is 362 Å². The predicted octanol–water partition coefficient (Wildman–Crippen LogP) is 11.7. The van der Waals surface area contributed by atoms with E-state index in [9.17, 15) is 0 Å². The molecule has 14 rings (SSSR count). The summed E-state index contributed by atoms with van der Waals surface area (Å²) in [6.07, 6.45) is 8.64. The van der Waals surface area contributed by atoms with Crippen LogP contribution in [0.3, 0.4) is 0 Å². The normalized spacial score (nSPS) is 11.6. The fourth-order valence-corrected chi connectivity index (χ4v) is 24.5. The third kappa shape index (κ3) is 27.5. The van der Waals surface area contributed by atoms with E-state index in [0.29, 0.717) is 0 Å². The van der Waals surface area contributed by atoms with E-state index in [1.54, 1.807) is 0 Å². The molecule has 0 atom stereocenters. The van der Waals surface area contributed by atoms with E-state index < -0.39 is 52.2 Å². The summed E-state index contributed by atoms with van der Waals surface area (Å²) >= 11 is 0. The van der Waals surface area contributed by atoms with E-state index in [0.717, 1.165) is 103 Å². The molecule has 0 aromatic heterocycles. The van der Waals surface area contributed by atoms with Crippen LogP contribution in [-0.2, 0) is 60.3 Å². The Bertz CT molecular complexity index is 4270. The summed E-state index contributed by atoms with van der Waals surface area (Å²) in [5.41, 5.74) is 5.82. The van der Waals surface area contributed by atoms with Gasteiger partial charge in [0.25, 0.3) is 0 Å². The zero-order valence-electron chi connectivity index (χ0n) is 65.8. The molecule has 0 radical (unpaired) electrons. The van der Waals surface area contributed by atoms with Gasteiger partial charge in [-0.15, -0.1) is 20.5 Å². The van der Waals surface area contributed by atoms with Crippen LogP contribution in [0.2, 0.25) is 0 Å². The first-order chi connectivity index (χ1) is 55.5. The SMILES string of the molecule is CCCN(Cc1c2ccccc2c(CN(CCC)CP(c2ccccc2)c2ccccc2)c2ccccc12)CP(c1ccccc1)c1ccccc1.CCCN(Cc1c2ccccc2c(CN(CCC)CP(c2ccccc2)c2ccccc2)c2ccccc12)CP(c1ccccc1)c1ccccc1.[Cu+].[Cu+].[O-][Cl+3]([O-])([O-])[O-].[O-][Cl+3]([O-])([O-])[O-]. The molecule has 0 aliphatic carbocycles. The van der Waals surface area contributed by atoms with Crippen LogP contribution in [0.1, 0.15) is 75.6 Å². The van der Waals surface area contributed by atoms with Crippen LogP contribution >= 0.6 is 31.7 Å². The Morgan fingerprint density at radius 2 is 0.310 bits per heavy atom. The number of fused-ring (bicyclic) bond motifs is 4. The van der Waals surface area contributed by atoms with Crippen LogP contribution in [0, 0.1) is 20.5 Å². The summed E-state index contributed by atoms with van der Waals surface area (Å²) in [7, 11) is -12.0. The monoisotopic (exact) mass is 1760 g/mol. The minimum atomic E-state index is -4.94. The van der Waals surface area contributed by atoms with Gasteiger partial charge in [0, 0.05) is 51.3 Å². The molecule has 0 aliphatic rings. The zero-order valence-corrected chi connectivity index (χ0v) is 72.8. The van der Waals surface area contributed by atoms with Gasteiger partial charge in [-0.2, -0.15) is 0 Å². The predicted molar refractivity (Wildman–Crippen MR) is 461 cm³/mol. The first-order valence-corrected chi connectivity index (χ1v) is 47.5. The van der Waals surface area contributed by atoms with Crippen molar-refractivity contribution in [1.29, 1.82) is 0 Å². The Labute approximate surface area is 715 Å². The average molecular weight is 1760 g/mol. The molecule has 0 saturated carbocycles. The molecule has 14 aromatic rings. The van der Waals surface area contributed by atoms with Gasteiger partial charge in [-0.3, -0.25) is 19.6 Å². The van der Waals surface area contributed by atoms with Gasteiger partial charge in [0.05, 0.1) is 0 Å². The minimum absolute atomic E-state index is 0. The second-order valence-electron chi connectivity index (χ2n) is 28.0. The van der Waals surface area contributed by atoms with Crippen molar-refractivity contribution < 1.29 is 91.9 Å². The van der Waals surface area contributed by atoms with E-state index in [1.165, 1.54) is 108 Å². The number of halogens is 2. The molecule has 116 heavy (non-hydrogen) atoms. The molecule has 12 nitrogen and oxygen atoms in total. The van der Waals surface area contributed by atoms with Gasteiger partial charge in [-0.25, -0.2) is 37.3 Å². The fraction of sp³-hybridized carbons (Fsp3) is 0.208. The van der Waals surface area contributed by atoms with Crippen molar-refractivity contribution in [1.82, 2.24) is 19.6 Å². The molecule has 0 amide bonds. The molecule has 608 valence electrons. The van der Waals surface area contributed by atoms with Crippen molar-refractivity contribution in [2.75, 3.05) is 51.3 Å². The Balaban J connectivity index is 0.000000234. The van der Waals surface area contributed by atoms with Crippen molar-refractivity contribution in [2.24, 2.45) is 0 Å². The number of hydrogen-bond donors (Lipinski definition) is 0. The molecule has 0 spiro atoms. The van der Waals surface area contributed by atoms with Crippen molar-refractivity contribution in [3.63, 3.8) is 0 Å². The second kappa shape index (κ2) is 47.7. The first-order valence-electron chi connectivity index (χ1n) is 38.9. The number of hydrogen-bond acceptors (Lipinski definition) is 12. The maximum absolute atomic E-state index is 8.49. The van der Waals surface area contributed by atoms with Crippen LogP contribution in [-0.4, -0.2) is 70.9 Å². The van der Waals surface area contributed by atoms with Crippen LogP contribution < -0.4 is 79.7 Å². The number of rotatable bonds is 32. The van der Waals surface area contributed by atoms with Gasteiger partial charge < -0.3 is 0 Å². The summed E-state index contributed by atoms with van der Waals surface area (Å²) in [5.74, 6) is 0. The second-order valence-corrected chi connectivity index (χ2v) is 38.2. The molecule has 0 N–H and O–H groups in total. The molecular formula is C96H100Cl2Cu2N4O8P4. The summed E-state index contributed by atoms with van der Waals surface area (Å²) in [6.45, 7) is 17.3. The van der Waals surface area contributed by atoms with Gasteiger partial charge in [-0.05, 0) is 191 Å². The third-order valence-corrected chi connectivity index (χ3v) is 30.0. The molecule has 0 aliphatic heterocycles. The smallest absolute Gasteiger partial charge is 0.294 e. The Kier molecular flexibility index (Phi) is 38.2. The molecule has 0 unspecified atom stereocenters. The Morgan fingerprint density at radius 1 is 0.198 bits per heavy atom. The van der Waals surface area contributed by atoms with E-state index >= 15 is 0 Å². The van der Waals surface area contributed by atoms with Gasteiger partial charge in [-0.1, -0.05) is 367 Å². The van der Waals surface area contributed by atoms with E-state index in [1.807, 2.05) is 0 Å². The van der Waals surface area contributed by atoms with Crippen molar-refractivity contribution in [3.8, 4) is 0 Å². The average Bonchev–Trinajstić information content (AvgIpc) is 0.751. The van der Waals surface area contributed by atoms with Crippen LogP contribution in [0.5, 0.6) is 0 Å². The quantitative estimate of drug-likeness (QED) is 0.0220. The van der Waals surface area contributed by atoms with Crippen LogP contribution in [0.25, 0.3) is 43.1 Å². The minimum Gasteiger partial charge on any atom is -0.294 e. The van der Waals surface area contributed by atoms with Crippen molar-refractivity contribution in [2.45, 2.75) is 79.6 Å². The van der Waals surface area contributed by atoms with Crippen LogP contribution in [0.15, 0.2) is 340 Å². The van der Waals surface area contributed by atoms with Gasteiger partial charge in [0.2, 0.25) is 0 Å². The summed E-state index contributed by atoms with van der Waals surface area (Å²) < 4.78 is 67.9. The van der Waals surface area contributed by atoms with Crippen molar-refractivity contribution >= 4 is 117 Å². The topological polar surface area (TPSA) is 197 Å². The van der Waals surface area contributed by atoms with Gasteiger partial charge in [0.1, 0.15) is 0 Å². The molecule has 0 fully saturated rings. The molecule has 20 heteroatoms. The maximum Gasteiger partial charge on any atom is 1.00 e. The maximum atomic E-state index is 8.49. The van der Waals surface area contributed by atoms with E-state index in [2.05, 4.69) is 387 Å². The standard InChI is InChI=1S/2C48H50N2P2.2ClHO4.2Cu/c2*1-3-33-49(37-51(39-21-9-5-10-22-39)40-23-11-6-12-24-40)35-47-43-29-17-19-31-45(43)48(46-32-20-18-30-44(46)47)36-50(34-4-2)38-52(41-25-13-7-14-26-41)42-27-15-8-16-28-42;2*2-1(3,4)5;;/h2*5-32H,3-4,33-38H2,1-2H3;2*(H,2,3,4,5);;/q;;;;2*+1/p-2. The summed E-state index contributed by atoms with van der Waals surface area (Å²) in [6, 6.07) is 126. The molecule has 0 heterocycles. The molecular weight excluding hydrogens is 1660 g/mol. The number of benzene rings is 14. The van der Waals surface area contributed by atoms with Gasteiger partial charge >= 0.3 is 34.1 Å². The molecule has 0 bridgehead atoms. The van der Waals surface area contributed by atoms with E-state index in [-0.39, 0.29) is 34.1 Å². The summed E-state index contributed by atoms with van der Waals surface area (Å²) in [4.78, 5) is 10.9. The van der Waals surface area contributed by atoms with Gasteiger partial charge in [0.15, 0.2) is 0 Å². The molecule has 14 aromatic carbocycles. The largest absolute Gasteiger partial charge is 1.00 e. The fourth-order valence-electron chi connectivity index (χ4n) is 15.2. The first kappa shape index (κ1) is 92.9. The Hall–Kier alpha value is -7.02. The van der Waals surface area contributed by atoms with E-state index in [4.69, 9.17) is 37.3 Å². The number of nitrogens with zero attached hydrogens (tertiary/aromatic N) is 4. The van der Waals surface area contributed by atoms with Crippen LogP contribution in [0.4, 0.5) is 0 Å². The molecule has 0 saturated heterocycles. The Morgan fingerprint density at radius 3 is 0.422 bits per heavy atom. The zero-order chi connectivity index (χ0) is 80.1. The summed E-state index contributed by atoms with van der Waals surface area (Å²) in [5, 5.41) is 22.7.